The third-order valence-corrected chi connectivity index (χ3v) is 11.3. The number of hydrogen-bond donors (Lipinski definition) is 4. The van der Waals surface area contributed by atoms with Gasteiger partial charge in [-0.05, 0) is 62.6 Å². The summed E-state index contributed by atoms with van der Waals surface area (Å²) in [6.45, 7) is 3.46. The predicted molar refractivity (Wildman–Crippen MR) is 240 cm³/mol. The number of para-hydroxylation sites is 2. The number of carbonyl (C=O) groups is 4. The molecule has 4 N–H and O–H groups in total. The zero-order chi connectivity index (χ0) is 45.5. The molecule has 18 nitrogen and oxygen atoms in total. The molecule has 1 aliphatic heterocycles. The van der Waals surface area contributed by atoms with E-state index in [1.54, 1.807) is 60.0 Å². The largest absolute Gasteiger partial charge is 0.494 e. The molecule has 0 radical (unpaired) electrons. The molecule has 3 amide bonds. The van der Waals surface area contributed by atoms with Crippen molar-refractivity contribution in [2.45, 2.75) is 44.7 Å². The number of nitrogens with zero attached hydrogens (tertiary/aromatic N) is 8. The van der Waals surface area contributed by atoms with E-state index in [0.717, 1.165) is 18.1 Å². The minimum absolute atomic E-state index is 0.0561. The Hall–Kier alpha value is -7.70. The topological polar surface area (TPSA) is 211 Å². The monoisotopic (exact) mass is 872 g/mol. The van der Waals surface area contributed by atoms with Crippen LogP contribution in [0.4, 0.5) is 33.1 Å². The summed E-state index contributed by atoms with van der Waals surface area (Å²) in [5.41, 5.74) is 3.90. The van der Waals surface area contributed by atoms with Gasteiger partial charge in [0.1, 0.15) is 17.9 Å². The first-order valence-electron chi connectivity index (χ1n) is 20.8. The Morgan fingerprint density at radius 2 is 1.69 bits per heavy atom. The molecule has 0 saturated carbocycles. The minimum Gasteiger partial charge on any atom is -0.494 e. The van der Waals surface area contributed by atoms with E-state index in [-0.39, 0.29) is 53.7 Å². The molecule has 5 heterocycles. The minimum atomic E-state index is -0.792. The molecular formula is C45H49FN12O6. The number of aromatic nitrogens is 6. The fraction of sp³-hybridized carbons (Fsp3) is 0.311. The number of aldehydes is 1. The fourth-order valence-electron chi connectivity index (χ4n) is 7.94. The number of methoxy groups -OCH3 is 1. The first-order chi connectivity index (χ1) is 31.0. The second kappa shape index (κ2) is 19.6. The lowest BCUT2D eigenvalue weighted by molar-refractivity contribution is -0.121. The van der Waals surface area contributed by atoms with E-state index >= 15 is 0 Å². The Bertz CT molecular complexity index is 2730. The van der Waals surface area contributed by atoms with E-state index in [9.17, 15) is 28.4 Å². The first-order valence-corrected chi connectivity index (χ1v) is 20.8. The number of anilines is 5. The van der Waals surface area contributed by atoms with E-state index < -0.39 is 11.9 Å². The predicted octanol–water partition coefficient (Wildman–Crippen LogP) is 4.98. The number of hydrogen-bond acceptors (Lipinski definition) is 13. The van der Waals surface area contributed by atoms with Crippen molar-refractivity contribution >= 4 is 63.7 Å². The van der Waals surface area contributed by atoms with Gasteiger partial charge in [-0.2, -0.15) is 0 Å². The molecule has 0 spiro atoms. The van der Waals surface area contributed by atoms with Gasteiger partial charge < -0.3 is 40.6 Å². The second-order valence-corrected chi connectivity index (χ2v) is 15.2. The molecule has 64 heavy (non-hydrogen) atoms. The number of imidazole rings is 1. The summed E-state index contributed by atoms with van der Waals surface area (Å²) in [6.07, 6.45) is 7.44. The number of aryl methyl sites for hydroxylation is 1. The highest BCUT2D eigenvalue weighted by Crippen LogP contribution is 2.38. The molecule has 6 aromatic rings. The Labute approximate surface area is 367 Å². The normalized spacial score (nSPS) is 13.2. The van der Waals surface area contributed by atoms with Crippen LogP contribution in [0, 0.1) is 5.82 Å². The second-order valence-electron chi connectivity index (χ2n) is 15.2. The molecule has 7 rings (SSSR count). The maximum absolute atomic E-state index is 13.8. The van der Waals surface area contributed by atoms with E-state index in [0.29, 0.717) is 89.7 Å². The third kappa shape index (κ3) is 9.23. The number of ether oxygens (including phenoxy) is 1. The number of rotatable bonds is 16. The number of carbonyl (C=O) groups excluding carboxylic acids is 4. The summed E-state index contributed by atoms with van der Waals surface area (Å²) in [6, 6.07) is 15.0. The lowest BCUT2D eigenvalue weighted by atomic mass is 10.0. The maximum atomic E-state index is 13.8. The smallest absolute Gasteiger partial charge is 0.329 e. The molecule has 1 fully saturated rings. The molecule has 1 unspecified atom stereocenters. The maximum Gasteiger partial charge on any atom is 0.329 e. The third-order valence-electron chi connectivity index (χ3n) is 11.3. The quantitative estimate of drug-likeness (QED) is 0.0948. The molecule has 0 aliphatic carbocycles. The average Bonchev–Trinajstić information content (AvgIpc) is 3.57. The van der Waals surface area contributed by atoms with E-state index in [1.807, 2.05) is 25.1 Å². The van der Waals surface area contributed by atoms with Crippen molar-refractivity contribution in [1.82, 2.24) is 44.6 Å². The molecule has 1 saturated heterocycles. The molecule has 1 atom stereocenters. The van der Waals surface area contributed by atoms with Gasteiger partial charge in [0.05, 0.1) is 70.3 Å². The van der Waals surface area contributed by atoms with Gasteiger partial charge in [-0.15, -0.1) is 0 Å². The van der Waals surface area contributed by atoms with E-state index in [1.165, 1.54) is 31.1 Å². The average molecular weight is 873 g/mol. The SMILES string of the molecule is CCNC(=O)c1cnc(Nc2ccc(C(=O)N(C)C3CCN(c4cccc5c4n(C)c(=O)n5C(C=O)CCC(=O)NC)CC3)cn2)cc1Nc1cccc(-c2ncc(F)cn2)c1OC. The van der Waals surface area contributed by atoms with Crippen molar-refractivity contribution in [2.24, 2.45) is 7.05 Å². The molecule has 0 bridgehead atoms. The van der Waals surface area contributed by atoms with Crippen LogP contribution in [0.1, 0.15) is 59.4 Å². The summed E-state index contributed by atoms with van der Waals surface area (Å²) in [5, 5.41) is 11.8. The number of benzene rings is 2. The first kappa shape index (κ1) is 44.4. The van der Waals surface area contributed by atoms with E-state index in [4.69, 9.17) is 4.74 Å². The highest BCUT2D eigenvalue weighted by molar-refractivity contribution is 6.01. The van der Waals surface area contributed by atoms with Crippen LogP contribution in [-0.2, 0) is 16.6 Å². The lowest BCUT2D eigenvalue weighted by Crippen LogP contribution is -2.45. The van der Waals surface area contributed by atoms with Gasteiger partial charge in [0.15, 0.2) is 17.4 Å². The van der Waals surface area contributed by atoms with Crippen LogP contribution < -0.4 is 36.6 Å². The van der Waals surface area contributed by atoms with Gasteiger partial charge in [-0.1, -0.05) is 12.1 Å². The summed E-state index contributed by atoms with van der Waals surface area (Å²) < 4.78 is 22.3. The summed E-state index contributed by atoms with van der Waals surface area (Å²) in [5.74, 6) is 0.0812. The van der Waals surface area contributed by atoms with Crippen molar-refractivity contribution in [1.29, 1.82) is 0 Å². The van der Waals surface area contributed by atoms with Gasteiger partial charge in [0, 0.05) is 71.7 Å². The number of nitrogens with one attached hydrogen (secondary N) is 4. The zero-order valence-electron chi connectivity index (χ0n) is 36.1. The van der Waals surface area contributed by atoms with Crippen LogP contribution in [0.3, 0.4) is 0 Å². The number of piperidine rings is 1. The van der Waals surface area contributed by atoms with Gasteiger partial charge in [0.2, 0.25) is 5.91 Å². The van der Waals surface area contributed by atoms with Crippen LogP contribution in [0.5, 0.6) is 5.75 Å². The van der Waals surface area contributed by atoms with E-state index in [2.05, 4.69) is 46.1 Å². The van der Waals surface area contributed by atoms with Crippen molar-refractivity contribution < 1.29 is 28.3 Å². The van der Waals surface area contributed by atoms with Crippen LogP contribution in [-0.4, -0.2) is 105 Å². The Morgan fingerprint density at radius 1 is 0.953 bits per heavy atom. The van der Waals surface area contributed by atoms with Crippen LogP contribution in [0.2, 0.25) is 0 Å². The number of amides is 3. The highest BCUT2D eigenvalue weighted by atomic mass is 19.1. The Morgan fingerprint density at radius 3 is 2.36 bits per heavy atom. The zero-order valence-corrected chi connectivity index (χ0v) is 36.1. The van der Waals surface area contributed by atoms with Gasteiger partial charge >= 0.3 is 5.69 Å². The van der Waals surface area contributed by atoms with Crippen molar-refractivity contribution in [3.63, 3.8) is 0 Å². The van der Waals surface area contributed by atoms with Crippen LogP contribution in [0.25, 0.3) is 22.4 Å². The number of halogens is 1. The molecule has 4 aromatic heterocycles. The van der Waals surface area contributed by atoms with Crippen LogP contribution >= 0.6 is 0 Å². The molecule has 19 heteroatoms. The van der Waals surface area contributed by atoms with Crippen LogP contribution in [0.15, 0.2) is 84.2 Å². The Kier molecular flexibility index (Phi) is 13.6. The van der Waals surface area contributed by atoms with Gasteiger partial charge in [-0.25, -0.2) is 29.1 Å². The highest BCUT2D eigenvalue weighted by Gasteiger charge is 2.29. The van der Waals surface area contributed by atoms with Crippen molar-refractivity contribution in [3.8, 4) is 17.1 Å². The number of fused-ring (bicyclic) bond motifs is 1. The standard InChI is InChI=1S/C45H49FN12O6/c1-6-48-43(61)32-25-50-38(21-34(32)53-33-10-7-9-31(41(33)64-5)42-51-23-28(46)24-52-42)54-37-15-13-27(22-49-37)44(62)55(3)29-17-19-57(20-18-29)35-11-8-12-36-40(35)56(4)45(63)58(36)30(26-59)14-16-39(60)47-2/h7-13,15,21-26,29-30H,6,14,16-20H2,1-5H3,(H,47,60)(H,48,61)(H2,49,50,53,54). The summed E-state index contributed by atoms with van der Waals surface area (Å²) in [4.78, 5) is 85.5. The Balaban J connectivity index is 1.03. The summed E-state index contributed by atoms with van der Waals surface area (Å²) >= 11 is 0. The van der Waals surface area contributed by atoms with Gasteiger partial charge in [-0.3, -0.25) is 23.5 Å². The molecular weight excluding hydrogens is 824 g/mol. The summed E-state index contributed by atoms with van der Waals surface area (Å²) in [7, 11) is 6.48. The van der Waals surface area contributed by atoms with Crippen molar-refractivity contribution in [2.75, 3.05) is 56.4 Å². The number of pyridine rings is 2. The fourth-order valence-corrected chi connectivity index (χ4v) is 7.94. The van der Waals surface area contributed by atoms with Crippen molar-refractivity contribution in [3.05, 3.63) is 107 Å². The van der Waals surface area contributed by atoms with Gasteiger partial charge in [0.25, 0.3) is 11.8 Å². The molecule has 2 aromatic carbocycles. The lowest BCUT2D eigenvalue weighted by Gasteiger charge is -2.38. The molecule has 332 valence electrons. The molecule has 1 aliphatic rings.